The maximum absolute atomic E-state index is 11.9. The second-order valence-corrected chi connectivity index (χ2v) is 4.58. The average Bonchev–Trinajstić information content (AvgIpc) is 2.37. The van der Waals surface area contributed by atoms with Gasteiger partial charge >= 0.3 is 0 Å². The molecule has 18 heavy (non-hydrogen) atoms. The molecule has 4 heteroatoms. The number of hydrogen-bond donors (Lipinski definition) is 2. The molecule has 2 atom stereocenters. The molecular formula is C14H22N2O2. The second kappa shape index (κ2) is 6.40. The van der Waals surface area contributed by atoms with Crippen LogP contribution in [0.2, 0.25) is 0 Å². The van der Waals surface area contributed by atoms with Crippen LogP contribution in [0.5, 0.6) is 5.75 Å². The summed E-state index contributed by atoms with van der Waals surface area (Å²) in [5, 5.41) is 2.83. The van der Waals surface area contributed by atoms with E-state index in [1.165, 1.54) is 0 Å². The van der Waals surface area contributed by atoms with Gasteiger partial charge in [0.05, 0.1) is 13.2 Å². The van der Waals surface area contributed by atoms with Crippen molar-refractivity contribution in [3.63, 3.8) is 0 Å². The van der Waals surface area contributed by atoms with Gasteiger partial charge in [-0.25, -0.2) is 0 Å². The average molecular weight is 250 g/mol. The molecule has 0 radical (unpaired) electrons. The van der Waals surface area contributed by atoms with Crippen LogP contribution in [0.1, 0.15) is 25.8 Å². The summed E-state index contributed by atoms with van der Waals surface area (Å²) in [5.74, 6) is 0.831. The first kappa shape index (κ1) is 14.5. The smallest absolute Gasteiger partial charge is 0.241 e. The van der Waals surface area contributed by atoms with Crippen LogP contribution in [0.25, 0.3) is 0 Å². The predicted octanol–water partition coefficient (Wildman–Crippen LogP) is 2.32. The van der Waals surface area contributed by atoms with Crippen LogP contribution in [0, 0.1) is 12.8 Å². The maximum atomic E-state index is 11.9. The fourth-order valence-corrected chi connectivity index (χ4v) is 1.69. The van der Waals surface area contributed by atoms with E-state index in [-0.39, 0.29) is 11.8 Å². The summed E-state index contributed by atoms with van der Waals surface area (Å²) < 4.78 is 5.17. The summed E-state index contributed by atoms with van der Waals surface area (Å²) in [5.41, 5.74) is 7.60. The number of hydrogen-bond acceptors (Lipinski definition) is 3. The number of carbonyl (C=O) groups excluding carboxylic acids is 1. The van der Waals surface area contributed by atoms with Gasteiger partial charge in [-0.15, -0.1) is 0 Å². The summed E-state index contributed by atoms with van der Waals surface area (Å²) in [7, 11) is 1.62. The number of ether oxygens (including phenoxy) is 1. The minimum atomic E-state index is -0.475. The molecule has 0 heterocycles. The van der Waals surface area contributed by atoms with Gasteiger partial charge in [0.2, 0.25) is 5.91 Å². The zero-order valence-corrected chi connectivity index (χ0v) is 11.5. The van der Waals surface area contributed by atoms with Crippen LogP contribution in [0.4, 0.5) is 5.69 Å². The Morgan fingerprint density at radius 2 is 2.17 bits per heavy atom. The van der Waals surface area contributed by atoms with Gasteiger partial charge in [0.25, 0.3) is 0 Å². The first-order valence-corrected chi connectivity index (χ1v) is 6.20. The molecule has 1 unspecified atom stereocenters. The summed E-state index contributed by atoms with van der Waals surface area (Å²) in [6.07, 6.45) is 0.885. The Morgan fingerprint density at radius 3 is 2.67 bits per heavy atom. The number of benzene rings is 1. The van der Waals surface area contributed by atoms with Gasteiger partial charge in [0, 0.05) is 5.69 Å². The molecule has 1 aromatic rings. The molecule has 0 aliphatic heterocycles. The fourth-order valence-electron chi connectivity index (χ4n) is 1.69. The highest BCUT2D eigenvalue weighted by atomic mass is 16.5. The largest absolute Gasteiger partial charge is 0.496 e. The Hall–Kier alpha value is -1.55. The van der Waals surface area contributed by atoms with Crippen molar-refractivity contribution in [2.45, 2.75) is 33.2 Å². The molecular weight excluding hydrogens is 228 g/mol. The standard InChI is InChI=1S/C14H22N2O2/c1-5-9(2)13(15)14(17)16-11-6-7-12(18-4)10(3)8-11/h6-9,13H,5,15H2,1-4H3,(H,16,17)/t9?,13-/m0/s1. The molecule has 1 rings (SSSR count). The Balaban J connectivity index is 2.73. The third-order valence-corrected chi connectivity index (χ3v) is 3.22. The van der Waals surface area contributed by atoms with Crippen molar-refractivity contribution in [3.05, 3.63) is 23.8 Å². The van der Waals surface area contributed by atoms with Crippen LogP contribution in [-0.4, -0.2) is 19.1 Å². The van der Waals surface area contributed by atoms with Gasteiger partial charge in [-0.3, -0.25) is 4.79 Å². The second-order valence-electron chi connectivity index (χ2n) is 4.58. The quantitative estimate of drug-likeness (QED) is 0.843. The van der Waals surface area contributed by atoms with Crippen molar-refractivity contribution < 1.29 is 9.53 Å². The monoisotopic (exact) mass is 250 g/mol. The van der Waals surface area contributed by atoms with Crippen molar-refractivity contribution in [1.29, 1.82) is 0 Å². The Kier molecular flexibility index (Phi) is 5.16. The van der Waals surface area contributed by atoms with E-state index in [4.69, 9.17) is 10.5 Å². The van der Waals surface area contributed by atoms with E-state index in [0.29, 0.717) is 0 Å². The lowest BCUT2D eigenvalue weighted by Gasteiger charge is -2.18. The molecule has 0 saturated carbocycles. The van der Waals surface area contributed by atoms with Gasteiger partial charge in [0.15, 0.2) is 0 Å². The van der Waals surface area contributed by atoms with Crippen molar-refractivity contribution in [3.8, 4) is 5.75 Å². The number of nitrogens with one attached hydrogen (secondary N) is 1. The lowest BCUT2D eigenvalue weighted by molar-refractivity contribution is -0.118. The molecule has 1 amide bonds. The number of carbonyl (C=O) groups is 1. The SMILES string of the molecule is CCC(C)[C@H](N)C(=O)Nc1ccc(OC)c(C)c1. The molecule has 0 bridgehead atoms. The minimum absolute atomic E-state index is 0.145. The van der Waals surface area contributed by atoms with Crippen LogP contribution in [-0.2, 0) is 4.79 Å². The maximum Gasteiger partial charge on any atom is 0.241 e. The molecule has 0 aliphatic carbocycles. The van der Waals surface area contributed by atoms with E-state index >= 15 is 0 Å². The third kappa shape index (κ3) is 3.47. The molecule has 100 valence electrons. The van der Waals surface area contributed by atoms with Gasteiger partial charge in [0.1, 0.15) is 5.75 Å². The first-order chi connectivity index (χ1) is 8.49. The number of anilines is 1. The predicted molar refractivity (Wildman–Crippen MR) is 73.8 cm³/mol. The number of methoxy groups -OCH3 is 1. The highest BCUT2D eigenvalue weighted by Gasteiger charge is 2.19. The molecule has 0 aromatic heterocycles. The number of nitrogens with two attached hydrogens (primary N) is 1. The minimum Gasteiger partial charge on any atom is -0.496 e. The van der Waals surface area contributed by atoms with E-state index in [9.17, 15) is 4.79 Å². The van der Waals surface area contributed by atoms with Crippen molar-refractivity contribution in [1.82, 2.24) is 0 Å². The Bertz CT molecular complexity index is 418. The van der Waals surface area contributed by atoms with E-state index in [1.54, 1.807) is 7.11 Å². The van der Waals surface area contributed by atoms with Gasteiger partial charge in [-0.05, 0) is 36.6 Å². The highest BCUT2D eigenvalue weighted by Crippen LogP contribution is 2.21. The van der Waals surface area contributed by atoms with E-state index in [1.807, 2.05) is 39.0 Å². The van der Waals surface area contributed by atoms with Crippen LogP contribution in [0.3, 0.4) is 0 Å². The van der Waals surface area contributed by atoms with Crippen LogP contribution >= 0.6 is 0 Å². The summed E-state index contributed by atoms with van der Waals surface area (Å²) in [6, 6.07) is 5.05. The summed E-state index contributed by atoms with van der Waals surface area (Å²) in [4.78, 5) is 11.9. The molecule has 0 fully saturated rings. The zero-order chi connectivity index (χ0) is 13.7. The molecule has 0 saturated heterocycles. The van der Waals surface area contributed by atoms with Gasteiger partial charge in [-0.2, -0.15) is 0 Å². The van der Waals surface area contributed by atoms with E-state index in [2.05, 4.69) is 5.32 Å². The number of rotatable bonds is 5. The molecule has 0 spiro atoms. The third-order valence-electron chi connectivity index (χ3n) is 3.22. The summed E-state index contributed by atoms with van der Waals surface area (Å²) >= 11 is 0. The van der Waals surface area contributed by atoms with E-state index < -0.39 is 6.04 Å². The lowest BCUT2D eigenvalue weighted by Crippen LogP contribution is -2.40. The zero-order valence-electron chi connectivity index (χ0n) is 11.5. The highest BCUT2D eigenvalue weighted by molar-refractivity contribution is 5.95. The molecule has 3 N–H and O–H groups in total. The number of amides is 1. The van der Waals surface area contributed by atoms with Crippen molar-refractivity contribution in [2.75, 3.05) is 12.4 Å². The molecule has 4 nitrogen and oxygen atoms in total. The van der Waals surface area contributed by atoms with Crippen LogP contribution in [0.15, 0.2) is 18.2 Å². The molecule has 1 aromatic carbocycles. The topological polar surface area (TPSA) is 64.4 Å². The van der Waals surface area contributed by atoms with Crippen molar-refractivity contribution >= 4 is 11.6 Å². The van der Waals surface area contributed by atoms with Crippen LogP contribution < -0.4 is 15.8 Å². The van der Waals surface area contributed by atoms with Crippen molar-refractivity contribution in [2.24, 2.45) is 11.7 Å². The Labute approximate surface area is 109 Å². The fraction of sp³-hybridized carbons (Fsp3) is 0.500. The van der Waals surface area contributed by atoms with Gasteiger partial charge in [-0.1, -0.05) is 20.3 Å². The van der Waals surface area contributed by atoms with E-state index in [0.717, 1.165) is 23.4 Å². The number of aryl methyl sites for hydroxylation is 1. The molecule has 0 aliphatic rings. The normalized spacial score (nSPS) is 13.8. The lowest BCUT2D eigenvalue weighted by atomic mass is 9.99. The Morgan fingerprint density at radius 1 is 1.50 bits per heavy atom. The first-order valence-electron chi connectivity index (χ1n) is 6.20. The summed E-state index contributed by atoms with van der Waals surface area (Å²) in [6.45, 7) is 5.93. The van der Waals surface area contributed by atoms with Gasteiger partial charge < -0.3 is 15.8 Å².